The molecule has 2 aromatic heterocycles. The van der Waals surface area contributed by atoms with E-state index in [9.17, 15) is 4.79 Å². The van der Waals surface area contributed by atoms with Crippen LogP contribution < -0.4 is 10.6 Å². The lowest BCUT2D eigenvalue weighted by Gasteiger charge is -2.13. The van der Waals surface area contributed by atoms with E-state index in [1.807, 2.05) is 50.4 Å². The number of hydrogen-bond donors (Lipinski definition) is 2. The second-order valence-corrected chi connectivity index (χ2v) is 5.85. The fourth-order valence-electron chi connectivity index (χ4n) is 2.44. The number of nitrogens with one attached hydrogen (secondary N) is 2. The Morgan fingerprint density at radius 3 is 2.77 bits per heavy atom. The van der Waals surface area contributed by atoms with Crippen molar-refractivity contribution in [2.75, 3.05) is 5.32 Å². The van der Waals surface area contributed by atoms with E-state index in [-0.39, 0.29) is 12.1 Å². The number of para-hydroxylation sites is 1. The standard InChI is InChI=1S/C16H17N3O2S/c1-9-12-6-4-5-7-14(12)21-15(9)11(3)17-16(20)18-13-8-22-19-10(13)2/h4-8,11H,1-3H3,(H2,17,18,20)/t11-/m0/s1. The molecule has 0 saturated carbocycles. The highest BCUT2D eigenvalue weighted by Gasteiger charge is 2.18. The lowest BCUT2D eigenvalue weighted by atomic mass is 10.1. The molecule has 0 saturated heterocycles. The summed E-state index contributed by atoms with van der Waals surface area (Å²) in [5.41, 5.74) is 3.43. The number of anilines is 1. The third-order valence-corrected chi connectivity index (χ3v) is 4.34. The number of furan rings is 1. The van der Waals surface area contributed by atoms with E-state index in [0.29, 0.717) is 0 Å². The molecule has 0 fully saturated rings. The van der Waals surface area contributed by atoms with Gasteiger partial charge in [-0.2, -0.15) is 4.37 Å². The Balaban J connectivity index is 1.75. The summed E-state index contributed by atoms with van der Waals surface area (Å²) in [4.78, 5) is 12.1. The Kier molecular flexibility index (Phi) is 3.85. The zero-order valence-corrected chi connectivity index (χ0v) is 13.5. The highest BCUT2D eigenvalue weighted by Crippen LogP contribution is 2.29. The van der Waals surface area contributed by atoms with Gasteiger partial charge in [-0.3, -0.25) is 0 Å². The van der Waals surface area contributed by atoms with E-state index in [2.05, 4.69) is 15.0 Å². The van der Waals surface area contributed by atoms with Gasteiger partial charge in [0.05, 0.1) is 17.4 Å². The van der Waals surface area contributed by atoms with Crippen LogP contribution in [0.4, 0.5) is 10.5 Å². The number of benzene rings is 1. The van der Waals surface area contributed by atoms with E-state index in [0.717, 1.165) is 33.7 Å². The maximum absolute atomic E-state index is 12.1. The quantitative estimate of drug-likeness (QED) is 0.753. The lowest BCUT2D eigenvalue weighted by molar-refractivity contribution is 0.248. The smallest absolute Gasteiger partial charge is 0.319 e. The lowest BCUT2D eigenvalue weighted by Crippen LogP contribution is -2.31. The molecule has 0 aliphatic carbocycles. The van der Waals surface area contributed by atoms with Gasteiger partial charge in [0.15, 0.2) is 0 Å². The molecular weight excluding hydrogens is 298 g/mol. The first-order valence-corrected chi connectivity index (χ1v) is 7.86. The van der Waals surface area contributed by atoms with Crippen LogP contribution in [0.25, 0.3) is 11.0 Å². The summed E-state index contributed by atoms with van der Waals surface area (Å²) in [5.74, 6) is 0.775. The molecule has 3 aromatic rings. The molecule has 0 bridgehead atoms. The first kappa shape index (κ1) is 14.6. The molecule has 2 heterocycles. The van der Waals surface area contributed by atoms with Gasteiger partial charge in [0.2, 0.25) is 0 Å². The first-order valence-electron chi connectivity index (χ1n) is 7.02. The van der Waals surface area contributed by atoms with Crippen molar-refractivity contribution >= 4 is 34.2 Å². The van der Waals surface area contributed by atoms with Gasteiger partial charge in [-0.25, -0.2) is 4.79 Å². The van der Waals surface area contributed by atoms with Crippen molar-refractivity contribution in [3.63, 3.8) is 0 Å². The highest BCUT2D eigenvalue weighted by molar-refractivity contribution is 7.04. The zero-order valence-electron chi connectivity index (χ0n) is 12.6. The molecule has 5 nitrogen and oxygen atoms in total. The van der Waals surface area contributed by atoms with Gasteiger partial charge in [0.1, 0.15) is 11.3 Å². The van der Waals surface area contributed by atoms with E-state index >= 15 is 0 Å². The Bertz CT molecular complexity index is 822. The monoisotopic (exact) mass is 315 g/mol. The molecule has 1 atom stereocenters. The van der Waals surface area contributed by atoms with Crippen LogP contribution in [0.2, 0.25) is 0 Å². The molecule has 3 rings (SSSR count). The molecule has 0 aliphatic heterocycles. The van der Waals surface area contributed by atoms with Gasteiger partial charge in [-0.1, -0.05) is 18.2 Å². The summed E-state index contributed by atoms with van der Waals surface area (Å²) in [7, 11) is 0. The van der Waals surface area contributed by atoms with Crippen molar-refractivity contribution in [1.82, 2.24) is 9.69 Å². The van der Waals surface area contributed by atoms with Crippen molar-refractivity contribution < 1.29 is 9.21 Å². The van der Waals surface area contributed by atoms with Crippen LogP contribution in [-0.2, 0) is 0 Å². The zero-order chi connectivity index (χ0) is 15.7. The third-order valence-electron chi connectivity index (χ3n) is 3.62. The predicted molar refractivity (Wildman–Crippen MR) is 88.4 cm³/mol. The number of carbonyl (C=O) groups is 1. The minimum atomic E-state index is -0.268. The minimum absolute atomic E-state index is 0.223. The normalized spacial score (nSPS) is 12.3. The molecule has 0 spiro atoms. The number of urea groups is 1. The predicted octanol–water partition coefficient (Wildman–Crippen LogP) is 4.39. The van der Waals surface area contributed by atoms with Crippen LogP contribution in [0.1, 0.15) is 30.0 Å². The number of fused-ring (bicyclic) bond motifs is 1. The second-order valence-electron chi connectivity index (χ2n) is 5.22. The van der Waals surface area contributed by atoms with Crippen molar-refractivity contribution in [2.45, 2.75) is 26.8 Å². The van der Waals surface area contributed by atoms with Gasteiger partial charge >= 0.3 is 6.03 Å². The first-order chi connectivity index (χ1) is 10.6. The fraction of sp³-hybridized carbons (Fsp3) is 0.250. The van der Waals surface area contributed by atoms with Crippen molar-refractivity contribution in [3.8, 4) is 0 Å². The summed E-state index contributed by atoms with van der Waals surface area (Å²) in [6.45, 7) is 5.77. The number of amides is 2. The van der Waals surface area contributed by atoms with Crippen LogP contribution in [0.5, 0.6) is 0 Å². The molecule has 0 aliphatic rings. The number of carbonyl (C=O) groups excluding carboxylic acids is 1. The van der Waals surface area contributed by atoms with E-state index in [1.165, 1.54) is 11.5 Å². The Morgan fingerprint density at radius 2 is 2.09 bits per heavy atom. The summed E-state index contributed by atoms with van der Waals surface area (Å²) in [6, 6.07) is 7.37. The van der Waals surface area contributed by atoms with E-state index < -0.39 is 0 Å². The molecular formula is C16H17N3O2S. The molecule has 0 radical (unpaired) electrons. The van der Waals surface area contributed by atoms with Gasteiger partial charge in [-0.15, -0.1) is 0 Å². The minimum Gasteiger partial charge on any atom is -0.459 e. The van der Waals surface area contributed by atoms with Crippen LogP contribution in [-0.4, -0.2) is 10.4 Å². The molecule has 114 valence electrons. The Hall–Kier alpha value is -2.34. The van der Waals surface area contributed by atoms with E-state index in [4.69, 9.17) is 4.42 Å². The number of aromatic nitrogens is 1. The second kappa shape index (κ2) is 5.81. The summed E-state index contributed by atoms with van der Waals surface area (Å²) >= 11 is 1.32. The van der Waals surface area contributed by atoms with Crippen LogP contribution in [0, 0.1) is 13.8 Å². The molecule has 1 aromatic carbocycles. The van der Waals surface area contributed by atoms with Crippen molar-refractivity contribution in [2.24, 2.45) is 0 Å². The Morgan fingerprint density at radius 1 is 1.32 bits per heavy atom. The maximum atomic E-state index is 12.1. The van der Waals surface area contributed by atoms with Gasteiger partial charge in [0, 0.05) is 16.3 Å². The molecule has 0 unspecified atom stereocenters. The van der Waals surface area contributed by atoms with Crippen molar-refractivity contribution in [1.29, 1.82) is 0 Å². The van der Waals surface area contributed by atoms with Crippen molar-refractivity contribution in [3.05, 3.63) is 46.7 Å². The van der Waals surface area contributed by atoms with E-state index in [1.54, 1.807) is 0 Å². The average molecular weight is 315 g/mol. The van der Waals surface area contributed by atoms with Crippen LogP contribution in [0.3, 0.4) is 0 Å². The number of nitrogens with zero attached hydrogens (tertiary/aromatic N) is 1. The van der Waals surface area contributed by atoms with Crippen LogP contribution >= 0.6 is 11.5 Å². The summed E-state index contributed by atoms with van der Waals surface area (Å²) < 4.78 is 10.00. The van der Waals surface area contributed by atoms with Gasteiger partial charge in [-0.05, 0) is 38.4 Å². The topological polar surface area (TPSA) is 67.2 Å². The van der Waals surface area contributed by atoms with Gasteiger partial charge < -0.3 is 15.1 Å². The summed E-state index contributed by atoms with van der Waals surface area (Å²) in [6.07, 6.45) is 0. The molecule has 2 amide bonds. The third kappa shape index (κ3) is 2.69. The Labute approximate surface area is 132 Å². The fourth-order valence-corrected chi connectivity index (χ4v) is 3.08. The van der Waals surface area contributed by atoms with Gasteiger partial charge in [0.25, 0.3) is 0 Å². The SMILES string of the molecule is Cc1nscc1NC(=O)N[C@@H](C)c1oc2ccccc2c1C. The molecule has 6 heteroatoms. The number of aryl methyl sites for hydroxylation is 2. The largest absolute Gasteiger partial charge is 0.459 e. The van der Waals surface area contributed by atoms with Crippen LogP contribution in [0.15, 0.2) is 34.1 Å². The summed E-state index contributed by atoms with van der Waals surface area (Å²) in [5, 5.41) is 8.58. The molecule has 2 N–H and O–H groups in total. The highest BCUT2D eigenvalue weighted by atomic mass is 32.1. The molecule has 22 heavy (non-hydrogen) atoms. The number of hydrogen-bond acceptors (Lipinski definition) is 4. The maximum Gasteiger partial charge on any atom is 0.319 e. The number of rotatable bonds is 3. The average Bonchev–Trinajstić information content (AvgIpc) is 3.04.